The number of carbonyl (C=O) groups is 2. The van der Waals surface area contributed by atoms with E-state index in [1.807, 2.05) is 27.7 Å². The molecular formula is C15H30N4O2. The van der Waals surface area contributed by atoms with Gasteiger partial charge in [0.05, 0.1) is 6.04 Å². The largest absolute Gasteiger partial charge is 0.352 e. The van der Waals surface area contributed by atoms with E-state index in [0.717, 1.165) is 25.0 Å². The van der Waals surface area contributed by atoms with E-state index in [1.165, 1.54) is 0 Å². The van der Waals surface area contributed by atoms with Crippen molar-refractivity contribution in [2.24, 2.45) is 11.7 Å². The molecule has 0 aliphatic carbocycles. The topological polar surface area (TPSA) is 96.2 Å². The van der Waals surface area contributed by atoms with E-state index < -0.39 is 6.03 Å². The van der Waals surface area contributed by atoms with E-state index in [9.17, 15) is 9.59 Å². The molecule has 0 spiro atoms. The molecule has 2 unspecified atom stereocenters. The van der Waals surface area contributed by atoms with Crippen molar-refractivity contribution in [2.45, 2.75) is 52.6 Å². The van der Waals surface area contributed by atoms with Crippen LogP contribution in [-0.2, 0) is 4.79 Å². The molecule has 0 radical (unpaired) electrons. The zero-order valence-electron chi connectivity index (χ0n) is 13.7. The Morgan fingerprint density at radius 2 is 1.90 bits per heavy atom. The van der Waals surface area contributed by atoms with Crippen LogP contribution in [0.3, 0.4) is 0 Å². The number of primary amides is 1. The molecule has 6 nitrogen and oxygen atoms in total. The van der Waals surface area contributed by atoms with Gasteiger partial charge in [-0.2, -0.15) is 0 Å². The maximum absolute atomic E-state index is 12.3. The van der Waals surface area contributed by atoms with Gasteiger partial charge in [-0.3, -0.25) is 4.79 Å². The van der Waals surface area contributed by atoms with Crippen LogP contribution in [0.15, 0.2) is 12.2 Å². The smallest absolute Gasteiger partial charge is 0.312 e. The molecule has 122 valence electrons. The Kier molecular flexibility index (Phi) is 9.45. The van der Waals surface area contributed by atoms with Crippen molar-refractivity contribution in [1.29, 1.82) is 0 Å². The number of likely N-dealkylation sites (N-methyl/N-ethyl adjacent to an activating group) is 1. The minimum Gasteiger partial charge on any atom is -0.352 e. The SMILES string of the molecule is C=C(C)C(CCCNC(N)=O)NC(=O)C(NCC)C(C)C. The summed E-state index contributed by atoms with van der Waals surface area (Å²) in [7, 11) is 0. The Morgan fingerprint density at radius 1 is 1.29 bits per heavy atom. The van der Waals surface area contributed by atoms with Gasteiger partial charge in [0, 0.05) is 12.6 Å². The molecule has 0 fully saturated rings. The fraction of sp³-hybridized carbons (Fsp3) is 0.733. The minimum atomic E-state index is -0.530. The van der Waals surface area contributed by atoms with Crippen molar-refractivity contribution >= 4 is 11.9 Å². The third-order valence-electron chi connectivity index (χ3n) is 3.25. The monoisotopic (exact) mass is 298 g/mol. The number of urea groups is 1. The second kappa shape index (κ2) is 10.2. The summed E-state index contributed by atoms with van der Waals surface area (Å²) in [5, 5.41) is 8.76. The average Bonchev–Trinajstić information content (AvgIpc) is 2.38. The molecule has 0 aliphatic heterocycles. The fourth-order valence-corrected chi connectivity index (χ4v) is 2.07. The highest BCUT2D eigenvalue weighted by Gasteiger charge is 2.23. The molecule has 0 aliphatic rings. The zero-order chi connectivity index (χ0) is 16.4. The van der Waals surface area contributed by atoms with E-state index in [2.05, 4.69) is 22.5 Å². The highest BCUT2D eigenvalue weighted by molar-refractivity contribution is 5.82. The second-order valence-corrected chi connectivity index (χ2v) is 5.62. The first-order valence-electron chi connectivity index (χ1n) is 7.52. The number of hydrogen-bond donors (Lipinski definition) is 4. The van der Waals surface area contributed by atoms with Gasteiger partial charge in [-0.1, -0.05) is 32.9 Å². The summed E-state index contributed by atoms with van der Waals surface area (Å²) in [4.78, 5) is 22.9. The van der Waals surface area contributed by atoms with Crippen LogP contribution in [0.1, 0.15) is 40.5 Å². The quantitative estimate of drug-likeness (QED) is 0.359. The lowest BCUT2D eigenvalue weighted by Crippen LogP contribution is -2.50. The van der Waals surface area contributed by atoms with Crippen molar-refractivity contribution in [2.75, 3.05) is 13.1 Å². The summed E-state index contributed by atoms with van der Waals surface area (Å²) in [6, 6.07) is -0.828. The maximum Gasteiger partial charge on any atom is 0.312 e. The first-order valence-corrected chi connectivity index (χ1v) is 7.52. The lowest BCUT2D eigenvalue weighted by Gasteiger charge is -2.25. The van der Waals surface area contributed by atoms with Crippen LogP contribution in [0.4, 0.5) is 4.79 Å². The van der Waals surface area contributed by atoms with Gasteiger partial charge in [0.15, 0.2) is 0 Å². The Morgan fingerprint density at radius 3 is 2.33 bits per heavy atom. The van der Waals surface area contributed by atoms with Gasteiger partial charge in [0.25, 0.3) is 0 Å². The summed E-state index contributed by atoms with van der Waals surface area (Å²) < 4.78 is 0. The van der Waals surface area contributed by atoms with Gasteiger partial charge in [0.2, 0.25) is 5.91 Å². The lowest BCUT2D eigenvalue weighted by molar-refractivity contribution is -0.124. The summed E-state index contributed by atoms with van der Waals surface area (Å²) in [6.07, 6.45) is 1.45. The molecule has 3 amide bonds. The van der Waals surface area contributed by atoms with Crippen LogP contribution < -0.4 is 21.7 Å². The van der Waals surface area contributed by atoms with Crippen molar-refractivity contribution in [3.63, 3.8) is 0 Å². The Bertz CT molecular complexity index is 356. The summed E-state index contributed by atoms with van der Waals surface area (Å²) >= 11 is 0. The third kappa shape index (κ3) is 8.34. The summed E-state index contributed by atoms with van der Waals surface area (Å²) in [5.41, 5.74) is 5.91. The first-order chi connectivity index (χ1) is 9.79. The number of hydrogen-bond acceptors (Lipinski definition) is 3. The standard InChI is InChI=1S/C15H30N4O2/c1-6-17-13(11(4)5)14(20)19-12(10(2)3)8-7-9-18-15(16)21/h11-13,17H,2,6-9H2,1,3-5H3,(H,19,20)(H3,16,18,21). The van der Waals surface area contributed by atoms with Crippen molar-refractivity contribution in [3.8, 4) is 0 Å². The van der Waals surface area contributed by atoms with Gasteiger partial charge in [-0.15, -0.1) is 0 Å². The van der Waals surface area contributed by atoms with Crippen LogP contribution in [0, 0.1) is 5.92 Å². The number of nitrogens with two attached hydrogens (primary N) is 1. The molecule has 0 bridgehead atoms. The van der Waals surface area contributed by atoms with Gasteiger partial charge >= 0.3 is 6.03 Å². The van der Waals surface area contributed by atoms with E-state index in [0.29, 0.717) is 6.54 Å². The Hall–Kier alpha value is -1.56. The molecule has 2 atom stereocenters. The van der Waals surface area contributed by atoms with E-state index >= 15 is 0 Å². The normalized spacial score (nSPS) is 13.6. The van der Waals surface area contributed by atoms with E-state index in [1.54, 1.807) is 0 Å². The van der Waals surface area contributed by atoms with E-state index in [-0.39, 0.29) is 23.9 Å². The third-order valence-corrected chi connectivity index (χ3v) is 3.25. The van der Waals surface area contributed by atoms with Gasteiger partial charge in [-0.25, -0.2) is 4.79 Å². The number of carbonyl (C=O) groups excluding carboxylic acids is 2. The van der Waals surface area contributed by atoms with Crippen LogP contribution in [0.5, 0.6) is 0 Å². The first kappa shape index (κ1) is 19.4. The maximum atomic E-state index is 12.3. The Labute approximate surface area is 127 Å². The lowest BCUT2D eigenvalue weighted by atomic mass is 10.0. The number of amides is 3. The molecule has 0 rings (SSSR count). The predicted octanol–water partition coefficient (Wildman–Crippen LogP) is 1.13. The summed E-state index contributed by atoms with van der Waals surface area (Å²) in [6.45, 7) is 13.1. The average molecular weight is 298 g/mol. The predicted molar refractivity (Wildman–Crippen MR) is 85.9 cm³/mol. The molecule has 0 aromatic rings. The molecule has 0 saturated carbocycles. The van der Waals surface area contributed by atoms with Crippen molar-refractivity contribution < 1.29 is 9.59 Å². The fourth-order valence-electron chi connectivity index (χ4n) is 2.07. The van der Waals surface area contributed by atoms with Crippen LogP contribution >= 0.6 is 0 Å². The van der Waals surface area contributed by atoms with Crippen LogP contribution in [0.25, 0.3) is 0 Å². The zero-order valence-corrected chi connectivity index (χ0v) is 13.7. The molecule has 6 heteroatoms. The molecule has 0 saturated heterocycles. The van der Waals surface area contributed by atoms with Gasteiger partial charge < -0.3 is 21.7 Å². The number of rotatable bonds is 10. The van der Waals surface area contributed by atoms with E-state index in [4.69, 9.17) is 5.73 Å². The van der Waals surface area contributed by atoms with Gasteiger partial charge in [-0.05, 0) is 32.2 Å². The second-order valence-electron chi connectivity index (χ2n) is 5.62. The Balaban J connectivity index is 4.44. The molecule has 0 aromatic carbocycles. The molecule has 0 heterocycles. The molecule has 0 aromatic heterocycles. The minimum absolute atomic E-state index is 0.0114. The van der Waals surface area contributed by atoms with Gasteiger partial charge in [0.1, 0.15) is 0 Å². The van der Waals surface area contributed by atoms with Crippen molar-refractivity contribution in [1.82, 2.24) is 16.0 Å². The molecule has 5 N–H and O–H groups in total. The highest BCUT2D eigenvalue weighted by atomic mass is 16.2. The molecular weight excluding hydrogens is 268 g/mol. The molecule has 21 heavy (non-hydrogen) atoms. The highest BCUT2D eigenvalue weighted by Crippen LogP contribution is 2.08. The van der Waals surface area contributed by atoms with Crippen molar-refractivity contribution in [3.05, 3.63) is 12.2 Å². The van der Waals surface area contributed by atoms with Crippen LogP contribution in [-0.4, -0.2) is 37.1 Å². The summed E-state index contributed by atoms with van der Waals surface area (Å²) in [5.74, 6) is 0.204. The van der Waals surface area contributed by atoms with Crippen LogP contribution in [0.2, 0.25) is 0 Å². The number of nitrogens with one attached hydrogen (secondary N) is 3.